The van der Waals surface area contributed by atoms with Gasteiger partial charge in [-0.1, -0.05) is 30.3 Å². The zero-order valence-electron chi connectivity index (χ0n) is 18.7. The van der Waals surface area contributed by atoms with Crippen LogP contribution in [0.25, 0.3) is 16.6 Å². The first-order valence-corrected chi connectivity index (χ1v) is 10.9. The Kier molecular flexibility index (Phi) is 6.71. The minimum Gasteiger partial charge on any atom is -0.378 e. The maximum atomic E-state index is 12.9. The number of aromatic nitrogens is 4. The van der Waals surface area contributed by atoms with Gasteiger partial charge >= 0.3 is 0 Å². The molecular formula is C26H28N4O2. The van der Waals surface area contributed by atoms with Crippen LogP contribution in [0.3, 0.4) is 0 Å². The van der Waals surface area contributed by atoms with Crippen LogP contribution in [0.4, 0.5) is 0 Å². The molecule has 6 nitrogen and oxygen atoms in total. The van der Waals surface area contributed by atoms with E-state index < -0.39 is 0 Å². The maximum absolute atomic E-state index is 12.9. The lowest BCUT2D eigenvalue weighted by Crippen LogP contribution is -2.17. The van der Waals surface area contributed by atoms with Gasteiger partial charge in [0.1, 0.15) is 5.78 Å². The molecule has 1 atom stereocenters. The second-order valence-electron chi connectivity index (χ2n) is 8.36. The Labute approximate surface area is 188 Å². The van der Waals surface area contributed by atoms with E-state index in [0.717, 1.165) is 33.5 Å². The number of benzene rings is 1. The number of carbonyl (C=O) groups excluding carboxylic acids is 1. The lowest BCUT2D eigenvalue weighted by Gasteiger charge is -2.18. The van der Waals surface area contributed by atoms with Gasteiger partial charge in [0.25, 0.3) is 0 Å². The predicted molar refractivity (Wildman–Crippen MR) is 125 cm³/mol. The number of carbonyl (C=O) groups is 1. The van der Waals surface area contributed by atoms with Crippen molar-refractivity contribution in [2.24, 2.45) is 0 Å². The van der Waals surface area contributed by atoms with Crippen LogP contribution in [-0.2, 0) is 16.0 Å². The lowest BCUT2D eigenvalue weighted by atomic mass is 9.93. The standard InChI is InChI=1S/C26H28N4O2/c1-18(2)32-17-22(20-7-5-4-6-8-20)13-25(31)14-23-12-21-15-29-30(26(21)16-28-23)24-9-10-27-19(3)11-24/h4-12,15-16,18,22H,13-14,17H2,1-3H3/t22-/m1/s1. The molecule has 6 heteroatoms. The number of aryl methyl sites for hydroxylation is 1. The zero-order valence-corrected chi connectivity index (χ0v) is 18.7. The Hall–Kier alpha value is -3.38. The summed E-state index contributed by atoms with van der Waals surface area (Å²) >= 11 is 0. The Morgan fingerprint density at radius 3 is 2.62 bits per heavy atom. The van der Waals surface area contributed by atoms with Gasteiger partial charge in [0.05, 0.1) is 36.3 Å². The molecule has 0 radical (unpaired) electrons. The average Bonchev–Trinajstić information content (AvgIpc) is 3.20. The van der Waals surface area contributed by atoms with Gasteiger partial charge in [0.2, 0.25) is 0 Å². The molecule has 0 unspecified atom stereocenters. The Morgan fingerprint density at radius 1 is 1.06 bits per heavy atom. The van der Waals surface area contributed by atoms with Gasteiger partial charge in [-0.15, -0.1) is 0 Å². The zero-order chi connectivity index (χ0) is 22.5. The SMILES string of the molecule is Cc1cc(-n2ncc3cc(CC(=O)C[C@H](COC(C)C)c4ccccc4)ncc32)ccn1. The molecule has 0 amide bonds. The van der Waals surface area contributed by atoms with Crippen molar-refractivity contribution in [2.75, 3.05) is 6.61 Å². The Balaban J connectivity index is 1.49. The third-order valence-corrected chi connectivity index (χ3v) is 5.39. The van der Waals surface area contributed by atoms with Crippen molar-refractivity contribution in [2.45, 2.75) is 45.6 Å². The summed E-state index contributed by atoms with van der Waals surface area (Å²) in [7, 11) is 0. The number of ether oxygens (including phenoxy) is 1. The largest absolute Gasteiger partial charge is 0.378 e. The molecule has 32 heavy (non-hydrogen) atoms. The van der Waals surface area contributed by atoms with Crippen molar-refractivity contribution in [3.63, 3.8) is 0 Å². The van der Waals surface area contributed by atoms with Gasteiger partial charge in [0.15, 0.2) is 0 Å². The van der Waals surface area contributed by atoms with Crippen LogP contribution >= 0.6 is 0 Å². The quantitative estimate of drug-likeness (QED) is 0.382. The first-order valence-electron chi connectivity index (χ1n) is 10.9. The van der Waals surface area contributed by atoms with Crippen LogP contribution in [0.5, 0.6) is 0 Å². The number of rotatable bonds is 9. The van der Waals surface area contributed by atoms with E-state index in [1.54, 1.807) is 12.4 Å². The molecule has 3 aromatic heterocycles. The summed E-state index contributed by atoms with van der Waals surface area (Å²) in [6.45, 7) is 6.50. The molecule has 0 bridgehead atoms. The van der Waals surface area contributed by atoms with Gasteiger partial charge in [-0.25, -0.2) is 4.68 Å². The van der Waals surface area contributed by atoms with Crippen molar-refractivity contribution in [3.05, 3.63) is 84.1 Å². The Morgan fingerprint density at radius 2 is 1.88 bits per heavy atom. The van der Waals surface area contributed by atoms with E-state index in [1.165, 1.54) is 0 Å². The molecule has 0 aliphatic rings. The van der Waals surface area contributed by atoms with Crippen molar-refractivity contribution in [3.8, 4) is 5.69 Å². The smallest absolute Gasteiger partial charge is 0.139 e. The number of pyridine rings is 2. The number of hydrogen-bond donors (Lipinski definition) is 0. The number of Topliss-reactive ketones (excluding diaryl/α,β-unsaturated/α-hetero) is 1. The van der Waals surface area contributed by atoms with Gasteiger partial charge in [0, 0.05) is 41.7 Å². The van der Waals surface area contributed by atoms with E-state index >= 15 is 0 Å². The number of nitrogens with zero attached hydrogens (tertiary/aromatic N) is 4. The Bertz CT molecular complexity index is 1200. The molecule has 0 N–H and O–H groups in total. The molecule has 0 saturated carbocycles. The molecule has 0 fully saturated rings. The molecule has 4 rings (SSSR count). The topological polar surface area (TPSA) is 69.9 Å². The normalized spacial score (nSPS) is 12.4. The molecule has 0 spiro atoms. The summed E-state index contributed by atoms with van der Waals surface area (Å²) < 4.78 is 7.68. The van der Waals surface area contributed by atoms with Gasteiger partial charge in [-0.3, -0.25) is 14.8 Å². The molecule has 0 saturated heterocycles. The first-order chi connectivity index (χ1) is 15.5. The summed E-state index contributed by atoms with van der Waals surface area (Å²) in [5.74, 6) is 0.183. The first kappa shape index (κ1) is 21.8. The fraction of sp³-hybridized carbons (Fsp3) is 0.308. The average molecular weight is 429 g/mol. The van der Waals surface area contributed by atoms with E-state index in [0.29, 0.717) is 19.4 Å². The molecule has 3 heterocycles. The molecular weight excluding hydrogens is 400 g/mol. The van der Waals surface area contributed by atoms with E-state index in [1.807, 2.05) is 68.0 Å². The van der Waals surface area contributed by atoms with E-state index in [2.05, 4.69) is 27.2 Å². The highest BCUT2D eigenvalue weighted by Gasteiger charge is 2.18. The molecule has 164 valence electrons. The van der Waals surface area contributed by atoms with Gasteiger partial charge < -0.3 is 4.74 Å². The third-order valence-electron chi connectivity index (χ3n) is 5.39. The fourth-order valence-corrected chi connectivity index (χ4v) is 3.79. The van der Waals surface area contributed by atoms with Gasteiger partial charge in [-0.05, 0) is 44.5 Å². The minimum atomic E-state index is 0.0347. The number of hydrogen-bond acceptors (Lipinski definition) is 5. The van der Waals surface area contributed by atoms with E-state index in [-0.39, 0.29) is 17.8 Å². The van der Waals surface area contributed by atoms with E-state index in [9.17, 15) is 4.79 Å². The van der Waals surface area contributed by atoms with Crippen LogP contribution in [0.2, 0.25) is 0 Å². The van der Waals surface area contributed by atoms with Crippen LogP contribution in [0, 0.1) is 6.92 Å². The molecule has 1 aromatic carbocycles. The molecule has 0 aliphatic carbocycles. The van der Waals surface area contributed by atoms with Crippen LogP contribution in [-0.4, -0.2) is 38.2 Å². The second-order valence-corrected chi connectivity index (χ2v) is 8.36. The maximum Gasteiger partial charge on any atom is 0.139 e. The predicted octanol–water partition coefficient (Wildman–Crippen LogP) is 4.83. The monoisotopic (exact) mass is 428 g/mol. The van der Waals surface area contributed by atoms with Crippen molar-refractivity contribution >= 4 is 16.7 Å². The van der Waals surface area contributed by atoms with Crippen molar-refractivity contribution in [1.29, 1.82) is 0 Å². The van der Waals surface area contributed by atoms with E-state index in [4.69, 9.17) is 4.74 Å². The summed E-state index contributed by atoms with van der Waals surface area (Å²) in [4.78, 5) is 21.7. The highest BCUT2D eigenvalue weighted by Crippen LogP contribution is 2.23. The van der Waals surface area contributed by atoms with Crippen molar-refractivity contribution in [1.82, 2.24) is 19.7 Å². The highest BCUT2D eigenvalue weighted by atomic mass is 16.5. The molecule has 4 aromatic rings. The minimum absolute atomic E-state index is 0.0347. The van der Waals surface area contributed by atoms with Crippen LogP contribution < -0.4 is 0 Å². The number of fused-ring (bicyclic) bond motifs is 1. The lowest BCUT2D eigenvalue weighted by molar-refractivity contribution is -0.119. The van der Waals surface area contributed by atoms with Gasteiger partial charge in [-0.2, -0.15) is 5.10 Å². The summed E-state index contributed by atoms with van der Waals surface area (Å²) in [6.07, 6.45) is 6.21. The third kappa shape index (κ3) is 5.26. The van der Waals surface area contributed by atoms with Crippen LogP contribution in [0.1, 0.15) is 43.1 Å². The summed E-state index contributed by atoms with van der Waals surface area (Å²) in [5, 5.41) is 5.46. The van der Waals surface area contributed by atoms with Crippen LogP contribution in [0.15, 0.2) is 67.1 Å². The highest BCUT2D eigenvalue weighted by molar-refractivity contribution is 5.84. The summed E-state index contributed by atoms with van der Waals surface area (Å²) in [6, 6.07) is 15.9. The fourth-order valence-electron chi connectivity index (χ4n) is 3.79. The van der Waals surface area contributed by atoms with Crippen molar-refractivity contribution < 1.29 is 9.53 Å². The number of ketones is 1. The second kappa shape index (κ2) is 9.83. The molecule has 0 aliphatic heterocycles. The summed E-state index contributed by atoms with van der Waals surface area (Å²) in [5.41, 5.74) is 4.65.